The fourth-order valence-electron chi connectivity index (χ4n) is 2.10. The van der Waals surface area contributed by atoms with Crippen molar-refractivity contribution in [3.05, 3.63) is 58.1 Å². The number of hydrogen-bond acceptors (Lipinski definition) is 6. The first-order chi connectivity index (χ1) is 12.3. The number of hydrogen-bond donors (Lipinski definition) is 1. The Morgan fingerprint density at radius 2 is 1.77 bits per heavy atom. The van der Waals surface area contributed by atoms with E-state index < -0.39 is 14.8 Å². The molecule has 0 radical (unpaired) electrons. The molecule has 140 valence electrons. The van der Waals surface area contributed by atoms with E-state index in [2.05, 4.69) is 5.32 Å². The first-order valence-electron chi connectivity index (χ1n) is 7.55. The molecule has 2 aromatic rings. The third kappa shape index (κ3) is 6.72. The van der Waals surface area contributed by atoms with Gasteiger partial charge in [-0.15, -0.1) is 0 Å². The van der Waals surface area contributed by atoms with Gasteiger partial charge >= 0.3 is 5.97 Å². The number of para-hydroxylation sites is 2. The van der Waals surface area contributed by atoms with E-state index in [4.69, 9.17) is 27.9 Å². The van der Waals surface area contributed by atoms with E-state index in [-0.39, 0.29) is 18.8 Å². The summed E-state index contributed by atoms with van der Waals surface area (Å²) in [6, 6.07) is 12.4. The molecule has 26 heavy (non-hydrogen) atoms. The van der Waals surface area contributed by atoms with Gasteiger partial charge < -0.3 is 10.1 Å². The predicted molar refractivity (Wildman–Crippen MR) is 108 cm³/mol. The van der Waals surface area contributed by atoms with Crippen LogP contribution in [0.1, 0.15) is 5.56 Å². The van der Waals surface area contributed by atoms with E-state index in [1.807, 2.05) is 18.2 Å². The van der Waals surface area contributed by atoms with Crippen molar-refractivity contribution in [3.8, 4) is 0 Å². The molecule has 5 nitrogen and oxygen atoms in total. The van der Waals surface area contributed by atoms with Crippen LogP contribution < -0.4 is 5.32 Å². The van der Waals surface area contributed by atoms with Crippen molar-refractivity contribution in [2.75, 3.05) is 23.9 Å². The summed E-state index contributed by atoms with van der Waals surface area (Å²) in [7, 11) is -2.40. The third-order valence-corrected chi connectivity index (χ3v) is 6.39. The van der Waals surface area contributed by atoms with Gasteiger partial charge in [0.2, 0.25) is 0 Å². The summed E-state index contributed by atoms with van der Waals surface area (Å²) in [6.45, 7) is 0.0303. The highest BCUT2D eigenvalue weighted by atomic mass is 35.5. The van der Waals surface area contributed by atoms with Gasteiger partial charge in [-0.25, -0.2) is 8.42 Å². The van der Waals surface area contributed by atoms with Gasteiger partial charge in [-0.3, -0.25) is 4.79 Å². The van der Waals surface area contributed by atoms with Gasteiger partial charge in [0.1, 0.15) is 6.61 Å². The maximum atomic E-state index is 12.0. The molecule has 0 aliphatic heterocycles. The summed E-state index contributed by atoms with van der Waals surface area (Å²) in [5.74, 6) is -0.252. The minimum Gasteiger partial charge on any atom is -0.465 e. The highest BCUT2D eigenvalue weighted by Gasteiger charge is 2.12. The van der Waals surface area contributed by atoms with Crippen LogP contribution in [-0.2, 0) is 24.8 Å². The first kappa shape index (κ1) is 20.9. The van der Waals surface area contributed by atoms with Crippen LogP contribution in [0.5, 0.6) is 0 Å². The SMILES string of the molecule is CS(=O)(=O)SCCOC(=O)Cc1ccccc1Nc1c(Cl)cccc1Cl. The molecule has 0 spiro atoms. The molecule has 2 aromatic carbocycles. The Kier molecular flexibility index (Phi) is 7.64. The Morgan fingerprint density at radius 1 is 1.12 bits per heavy atom. The number of benzene rings is 2. The van der Waals surface area contributed by atoms with Crippen molar-refractivity contribution in [2.45, 2.75) is 6.42 Å². The number of rotatable bonds is 8. The molecule has 2 rings (SSSR count). The quantitative estimate of drug-likeness (QED) is 0.374. The summed E-state index contributed by atoms with van der Waals surface area (Å²) in [4.78, 5) is 12.0. The summed E-state index contributed by atoms with van der Waals surface area (Å²) in [5, 5.41) is 4.08. The predicted octanol–water partition coefficient (Wildman–Crippen LogP) is 4.52. The lowest BCUT2D eigenvalue weighted by Gasteiger charge is -2.14. The monoisotopic (exact) mass is 433 g/mol. The smallest absolute Gasteiger partial charge is 0.310 e. The van der Waals surface area contributed by atoms with Crippen LogP contribution >= 0.6 is 34.0 Å². The van der Waals surface area contributed by atoms with Crippen LogP contribution in [0.15, 0.2) is 42.5 Å². The zero-order valence-corrected chi connectivity index (χ0v) is 17.0. The topological polar surface area (TPSA) is 72.5 Å². The summed E-state index contributed by atoms with van der Waals surface area (Å²) in [5.41, 5.74) is 1.95. The Labute approximate surface area is 166 Å². The number of esters is 1. The molecule has 0 aromatic heterocycles. The number of halogens is 2. The van der Waals surface area contributed by atoms with Crippen molar-refractivity contribution in [3.63, 3.8) is 0 Å². The summed E-state index contributed by atoms with van der Waals surface area (Å²) < 4.78 is 27.2. The van der Waals surface area contributed by atoms with E-state index in [0.717, 1.165) is 17.0 Å². The van der Waals surface area contributed by atoms with Crippen LogP contribution in [0.2, 0.25) is 10.0 Å². The normalized spacial score (nSPS) is 11.2. The van der Waals surface area contributed by atoms with Crippen LogP contribution in [0.3, 0.4) is 0 Å². The van der Waals surface area contributed by atoms with Gasteiger partial charge in [-0.1, -0.05) is 47.5 Å². The summed E-state index contributed by atoms with van der Waals surface area (Å²) in [6.07, 6.45) is 1.15. The van der Waals surface area contributed by atoms with Crippen molar-refractivity contribution in [2.24, 2.45) is 0 Å². The number of nitrogens with one attached hydrogen (secondary N) is 1. The maximum absolute atomic E-state index is 12.0. The maximum Gasteiger partial charge on any atom is 0.310 e. The van der Waals surface area contributed by atoms with E-state index in [0.29, 0.717) is 27.0 Å². The largest absolute Gasteiger partial charge is 0.465 e. The molecule has 0 unspecified atom stereocenters. The highest BCUT2D eigenvalue weighted by Crippen LogP contribution is 2.33. The first-order valence-corrected chi connectivity index (χ1v) is 11.7. The lowest BCUT2D eigenvalue weighted by molar-refractivity contribution is -0.142. The van der Waals surface area contributed by atoms with Crippen molar-refractivity contribution in [1.82, 2.24) is 0 Å². The van der Waals surface area contributed by atoms with E-state index >= 15 is 0 Å². The molecular formula is C17H17Cl2NO4S2. The Bertz CT molecular complexity index is 868. The van der Waals surface area contributed by atoms with Crippen molar-refractivity contribution >= 4 is 60.2 Å². The molecule has 9 heteroatoms. The van der Waals surface area contributed by atoms with Crippen molar-refractivity contribution in [1.29, 1.82) is 0 Å². The Morgan fingerprint density at radius 3 is 2.42 bits per heavy atom. The molecule has 0 saturated carbocycles. The second-order valence-electron chi connectivity index (χ2n) is 5.30. The molecule has 0 aliphatic rings. The lowest BCUT2D eigenvalue weighted by atomic mass is 10.1. The molecule has 0 aliphatic carbocycles. The second-order valence-corrected chi connectivity index (χ2v) is 10.7. The molecule has 0 fully saturated rings. The average molecular weight is 434 g/mol. The standard InChI is InChI=1S/C17H17Cl2NO4S2/c1-26(22,23)25-10-9-24-16(21)11-12-5-2-3-8-15(12)20-17-13(18)6-4-7-14(17)19/h2-8,20H,9-11H2,1H3. The van der Waals surface area contributed by atoms with Crippen LogP contribution in [0.25, 0.3) is 0 Å². The van der Waals surface area contributed by atoms with Gasteiger partial charge in [0.25, 0.3) is 0 Å². The van der Waals surface area contributed by atoms with E-state index in [1.165, 1.54) is 0 Å². The molecule has 0 saturated heterocycles. The van der Waals surface area contributed by atoms with Gasteiger partial charge in [0, 0.05) is 17.7 Å². The zero-order chi connectivity index (χ0) is 19.2. The van der Waals surface area contributed by atoms with Gasteiger partial charge in [0.05, 0.1) is 22.2 Å². The van der Waals surface area contributed by atoms with Crippen LogP contribution in [0.4, 0.5) is 11.4 Å². The molecule has 1 N–H and O–H groups in total. The molecule has 0 bridgehead atoms. The average Bonchev–Trinajstić information content (AvgIpc) is 2.56. The fraction of sp³-hybridized carbons (Fsp3) is 0.235. The number of carbonyl (C=O) groups is 1. The van der Waals surface area contributed by atoms with Crippen LogP contribution in [0, 0.1) is 0 Å². The molecule has 0 atom stereocenters. The minimum atomic E-state index is -3.14. The van der Waals surface area contributed by atoms with Gasteiger partial charge in [-0.05, 0) is 34.6 Å². The Hall–Kier alpha value is -1.41. The molecular weight excluding hydrogens is 417 g/mol. The van der Waals surface area contributed by atoms with E-state index in [9.17, 15) is 13.2 Å². The van der Waals surface area contributed by atoms with Gasteiger partial charge in [-0.2, -0.15) is 0 Å². The fourth-order valence-corrected chi connectivity index (χ4v) is 4.15. The second kappa shape index (κ2) is 9.50. The minimum absolute atomic E-state index is 0.0303. The van der Waals surface area contributed by atoms with Gasteiger partial charge in [0.15, 0.2) is 8.87 Å². The summed E-state index contributed by atoms with van der Waals surface area (Å²) >= 11 is 12.3. The molecule has 0 amide bonds. The van der Waals surface area contributed by atoms with E-state index in [1.54, 1.807) is 24.3 Å². The number of carbonyl (C=O) groups excluding carboxylic acids is 1. The zero-order valence-electron chi connectivity index (χ0n) is 13.9. The number of ether oxygens (including phenoxy) is 1. The van der Waals surface area contributed by atoms with Crippen molar-refractivity contribution < 1.29 is 17.9 Å². The highest BCUT2D eigenvalue weighted by molar-refractivity contribution is 8.71. The van der Waals surface area contributed by atoms with Crippen LogP contribution in [-0.4, -0.2) is 33.0 Å². The molecule has 0 heterocycles. The third-order valence-electron chi connectivity index (χ3n) is 3.22. The lowest BCUT2D eigenvalue weighted by Crippen LogP contribution is -2.12. The number of anilines is 2. The Balaban J connectivity index is 2.01.